The van der Waals surface area contributed by atoms with Crippen molar-refractivity contribution in [2.45, 2.75) is 32.0 Å². The van der Waals surface area contributed by atoms with Gasteiger partial charge in [0.05, 0.1) is 15.5 Å². The lowest BCUT2D eigenvalue weighted by atomic mass is 10.1. The van der Waals surface area contributed by atoms with Gasteiger partial charge in [-0.15, -0.1) is 0 Å². The first-order chi connectivity index (χ1) is 8.59. The van der Waals surface area contributed by atoms with Crippen LogP contribution < -0.4 is 5.32 Å². The number of rotatable bonds is 4. The molecule has 2 rings (SSSR count). The second-order valence-electron chi connectivity index (χ2n) is 4.36. The van der Waals surface area contributed by atoms with Gasteiger partial charge in [-0.25, -0.2) is 0 Å². The van der Waals surface area contributed by atoms with Crippen molar-refractivity contribution in [3.8, 4) is 0 Å². The van der Waals surface area contributed by atoms with E-state index < -0.39 is 0 Å². The maximum atomic E-state index is 10.8. The molecular formula is C12H15BrN2O3. The van der Waals surface area contributed by atoms with Gasteiger partial charge >= 0.3 is 0 Å². The molecule has 0 bridgehead atoms. The lowest BCUT2D eigenvalue weighted by Gasteiger charge is -2.16. The SMILES string of the molecule is CC1OCCC1NCc1cccc([N+](=O)[O-])c1Br. The van der Waals surface area contributed by atoms with Crippen LogP contribution in [0.25, 0.3) is 0 Å². The molecule has 1 saturated heterocycles. The van der Waals surface area contributed by atoms with E-state index in [1.165, 1.54) is 6.07 Å². The number of hydrogen-bond donors (Lipinski definition) is 1. The van der Waals surface area contributed by atoms with Crippen LogP contribution in [-0.4, -0.2) is 23.7 Å². The smallest absolute Gasteiger partial charge is 0.283 e. The van der Waals surface area contributed by atoms with Crippen LogP contribution in [0.15, 0.2) is 22.7 Å². The topological polar surface area (TPSA) is 64.4 Å². The minimum atomic E-state index is -0.380. The van der Waals surface area contributed by atoms with Gasteiger partial charge in [-0.3, -0.25) is 10.1 Å². The van der Waals surface area contributed by atoms with Gasteiger partial charge in [-0.05, 0) is 34.8 Å². The number of ether oxygens (including phenoxy) is 1. The summed E-state index contributed by atoms with van der Waals surface area (Å²) in [5.41, 5.74) is 0.994. The highest BCUT2D eigenvalue weighted by Gasteiger charge is 2.24. The van der Waals surface area contributed by atoms with E-state index in [2.05, 4.69) is 21.2 Å². The van der Waals surface area contributed by atoms with Gasteiger partial charge in [0.1, 0.15) is 0 Å². The third-order valence-electron chi connectivity index (χ3n) is 3.19. The van der Waals surface area contributed by atoms with Crippen molar-refractivity contribution in [2.24, 2.45) is 0 Å². The molecule has 0 spiro atoms. The van der Waals surface area contributed by atoms with E-state index in [0.29, 0.717) is 17.1 Å². The number of benzene rings is 1. The highest BCUT2D eigenvalue weighted by Crippen LogP contribution is 2.28. The molecule has 0 amide bonds. The molecule has 2 unspecified atom stereocenters. The van der Waals surface area contributed by atoms with Gasteiger partial charge in [0.15, 0.2) is 0 Å². The van der Waals surface area contributed by atoms with Crippen molar-refractivity contribution in [2.75, 3.05) is 6.61 Å². The van der Waals surface area contributed by atoms with Crippen molar-refractivity contribution in [1.29, 1.82) is 0 Å². The molecule has 1 aliphatic rings. The van der Waals surface area contributed by atoms with Crippen molar-refractivity contribution in [3.63, 3.8) is 0 Å². The first kappa shape index (κ1) is 13.5. The van der Waals surface area contributed by atoms with Gasteiger partial charge < -0.3 is 10.1 Å². The number of halogens is 1. The lowest BCUT2D eigenvalue weighted by Crippen LogP contribution is -2.34. The van der Waals surface area contributed by atoms with E-state index in [9.17, 15) is 10.1 Å². The molecule has 1 aromatic rings. The van der Waals surface area contributed by atoms with Crippen molar-refractivity contribution in [1.82, 2.24) is 5.32 Å². The minimum absolute atomic E-state index is 0.102. The van der Waals surface area contributed by atoms with Crippen molar-refractivity contribution >= 4 is 21.6 Å². The van der Waals surface area contributed by atoms with Crippen LogP contribution in [0.3, 0.4) is 0 Å². The van der Waals surface area contributed by atoms with E-state index in [-0.39, 0.29) is 16.7 Å². The standard InChI is InChI=1S/C12H15BrN2O3/c1-8-10(5-6-18-8)14-7-9-3-2-4-11(12(9)13)15(16)17/h2-4,8,10,14H,5-7H2,1H3. The van der Waals surface area contributed by atoms with Crippen LogP contribution in [-0.2, 0) is 11.3 Å². The third kappa shape index (κ3) is 2.88. The molecule has 1 aromatic carbocycles. The molecule has 2 atom stereocenters. The van der Waals surface area contributed by atoms with E-state index in [1.807, 2.05) is 13.0 Å². The molecule has 0 aromatic heterocycles. The zero-order valence-corrected chi connectivity index (χ0v) is 11.6. The fourth-order valence-electron chi connectivity index (χ4n) is 2.08. The van der Waals surface area contributed by atoms with E-state index in [1.54, 1.807) is 6.07 Å². The molecule has 1 heterocycles. The quantitative estimate of drug-likeness (QED) is 0.685. The largest absolute Gasteiger partial charge is 0.377 e. The number of hydrogen-bond acceptors (Lipinski definition) is 4. The van der Waals surface area contributed by atoms with Gasteiger partial charge in [0.2, 0.25) is 0 Å². The Kier molecular flexibility index (Phi) is 4.31. The molecule has 1 aliphatic heterocycles. The van der Waals surface area contributed by atoms with Gasteiger partial charge in [0, 0.05) is 25.3 Å². The Balaban J connectivity index is 2.05. The van der Waals surface area contributed by atoms with Crippen molar-refractivity contribution in [3.05, 3.63) is 38.3 Å². The first-order valence-corrected chi connectivity index (χ1v) is 6.65. The highest BCUT2D eigenvalue weighted by molar-refractivity contribution is 9.10. The van der Waals surface area contributed by atoms with E-state index >= 15 is 0 Å². The van der Waals surface area contributed by atoms with Gasteiger partial charge in [-0.1, -0.05) is 12.1 Å². The lowest BCUT2D eigenvalue weighted by molar-refractivity contribution is -0.385. The number of nitro groups is 1. The number of nitrogens with zero attached hydrogens (tertiary/aromatic N) is 1. The van der Waals surface area contributed by atoms with Crippen LogP contribution in [0.2, 0.25) is 0 Å². The van der Waals surface area contributed by atoms with Crippen LogP contribution in [0.4, 0.5) is 5.69 Å². The summed E-state index contributed by atoms with van der Waals surface area (Å²) in [4.78, 5) is 10.4. The molecule has 0 radical (unpaired) electrons. The van der Waals surface area contributed by atoms with Crippen LogP contribution in [0.1, 0.15) is 18.9 Å². The zero-order valence-electron chi connectivity index (χ0n) is 10.1. The highest BCUT2D eigenvalue weighted by atomic mass is 79.9. The normalized spacial score (nSPS) is 23.2. The summed E-state index contributed by atoms with van der Waals surface area (Å²) in [6, 6.07) is 5.39. The predicted octanol–water partition coefficient (Wildman–Crippen LogP) is 2.62. The summed E-state index contributed by atoms with van der Waals surface area (Å²) in [6.07, 6.45) is 1.18. The first-order valence-electron chi connectivity index (χ1n) is 5.86. The van der Waals surface area contributed by atoms with Crippen LogP contribution in [0.5, 0.6) is 0 Å². The van der Waals surface area contributed by atoms with Crippen molar-refractivity contribution < 1.29 is 9.66 Å². The summed E-state index contributed by atoms with van der Waals surface area (Å²) < 4.78 is 6.01. The Hall–Kier alpha value is -0.980. The summed E-state index contributed by atoms with van der Waals surface area (Å²) in [5.74, 6) is 0. The Bertz CT molecular complexity index is 453. The molecule has 98 valence electrons. The van der Waals surface area contributed by atoms with Gasteiger partial charge in [0.25, 0.3) is 5.69 Å². The van der Waals surface area contributed by atoms with Crippen LogP contribution in [0, 0.1) is 10.1 Å². The fourth-order valence-corrected chi connectivity index (χ4v) is 2.63. The molecule has 0 aliphatic carbocycles. The summed E-state index contributed by atoms with van der Waals surface area (Å²) in [5, 5.41) is 14.2. The third-order valence-corrected chi connectivity index (χ3v) is 4.10. The number of nitrogens with one attached hydrogen (secondary N) is 1. The molecule has 0 saturated carbocycles. The Morgan fingerprint density at radius 3 is 3.00 bits per heavy atom. The Morgan fingerprint density at radius 2 is 2.39 bits per heavy atom. The Morgan fingerprint density at radius 1 is 1.61 bits per heavy atom. The predicted molar refractivity (Wildman–Crippen MR) is 71.5 cm³/mol. The molecule has 1 N–H and O–H groups in total. The molecule has 6 heteroatoms. The summed E-state index contributed by atoms with van der Waals surface area (Å²) in [6.45, 7) is 3.41. The van der Waals surface area contributed by atoms with E-state index in [4.69, 9.17) is 4.74 Å². The average Bonchev–Trinajstić information content (AvgIpc) is 2.73. The maximum Gasteiger partial charge on any atom is 0.283 e. The number of nitro benzene ring substituents is 1. The molecular weight excluding hydrogens is 300 g/mol. The van der Waals surface area contributed by atoms with Gasteiger partial charge in [-0.2, -0.15) is 0 Å². The monoisotopic (exact) mass is 314 g/mol. The molecule has 1 fully saturated rings. The minimum Gasteiger partial charge on any atom is -0.377 e. The van der Waals surface area contributed by atoms with E-state index in [0.717, 1.165) is 18.6 Å². The maximum absolute atomic E-state index is 10.8. The summed E-state index contributed by atoms with van der Waals surface area (Å²) >= 11 is 3.29. The fraction of sp³-hybridized carbons (Fsp3) is 0.500. The van der Waals surface area contributed by atoms with Crippen LogP contribution >= 0.6 is 15.9 Å². The molecule has 5 nitrogen and oxygen atoms in total. The summed E-state index contributed by atoms with van der Waals surface area (Å²) in [7, 11) is 0. The second kappa shape index (κ2) is 5.77. The second-order valence-corrected chi connectivity index (χ2v) is 5.15. The zero-order chi connectivity index (χ0) is 13.1. The average molecular weight is 315 g/mol. The Labute approximate surface area is 114 Å². The molecule has 18 heavy (non-hydrogen) atoms.